The van der Waals surface area contributed by atoms with Crippen molar-refractivity contribution in [2.45, 2.75) is 39.7 Å². The van der Waals surface area contributed by atoms with Crippen LogP contribution >= 0.6 is 0 Å². The maximum atomic E-state index is 12.5. The number of nitrogens with one attached hydrogen (secondary N) is 1. The second kappa shape index (κ2) is 5.71. The molecule has 1 aromatic rings. The molecule has 1 aromatic carbocycles. The van der Waals surface area contributed by atoms with Gasteiger partial charge in [0.25, 0.3) is 0 Å². The first-order chi connectivity index (χ1) is 7.08. The van der Waals surface area contributed by atoms with Crippen LogP contribution < -0.4 is 10.1 Å². The first-order valence-corrected chi connectivity index (χ1v) is 5.21. The van der Waals surface area contributed by atoms with Gasteiger partial charge in [0.15, 0.2) is 0 Å². The minimum atomic E-state index is -1.26. The third-order valence-corrected chi connectivity index (χ3v) is 1.94. The van der Waals surface area contributed by atoms with E-state index in [2.05, 4.69) is 19.2 Å². The fourth-order valence-corrected chi connectivity index (χ4v) is 1.20. The van der Waals surface area contributed by atoms with Crippen LogP contribution in [0.2, 0.25) is 0 Å². The summed E-state index contributed by atoms with van der Waals surface area (Å²) in [5, 5.41) is 3.31. The van der Waals surface area contributed by atoms with Gasteiger partial charge in [0.1, 0.15) is 5.75 Å². The van der Waals surface area contributed by atoms with Crippen molar-refractivity contribution in [3.8, 4) is 5.75 Å². The van der Waals surface area contributed by atoms with Gasteiger partial charge < -0.3 is 10.1 Å². The maximum Gasteiger partial charge on any atom is 0.235 e. The standard InChI is InChI=1S/C12H18FNO/c1-9(2)14-8-11-4-6-12(7-5-11)15-10(3)13/h4-7,9-10,14H,8H2,1-3H3. The predicted molar refractivity (Wildman–Crippen MR) is 59.6 cm³/mol. The molecule has 0 amide bonds. The van der Waals surface area contributed by atoms with Crippen LogP contribution in [0.25, 0.3) is 0 Å². The molecule has 1 rings (SSSR count). The third-order valence-electron chi connectivity index (χ3n) is 1.94. The molecule has 0 aliphatic rings. The van der Waals surface area contributed by atoms with Crippen LogP contribution in [0.1, 0.15) is 26.3 Å². The molecule has 0 aliphatic heterocycles. The van der Waals surface area contributed by atoms with Gasteiger partial charge in [0.2, 0.25) is 6.36 Å². The summed E-state index contributed by atoms with van der Waals surface area (Å²) < 4.78 is 17.4. The number of ether oxygens (including phenoxy) is 1. The quantitative estimate of drug-likeness (QED) is 0.808. The Hall–Kier alpha value is -1.09. The Labute approximate surface area is 90.4 Å². The van der Waals surface area contributed by atoms with E-state index in [0.717, 1.165) is 6.54 Å². The van der Waals surface area contributed by atoms with E-state index < -0.39 is 6.36 Å². The minimum absolute atomic E-state index is 0.465. The Kier molecular flexibility index (Phi) is 4.56. The van der Waals surface area contributed by atoms with Gasteiger partial charge >= 0.3 is 0 Å². The van der Waals surface area contributed by atoms with Gasteiger partial charge in [-0.3, -0.25) is 0 Å². The number of hydrogen-bond acceptors (Lipinski definition) is 2. The highest BCUT2D eigenvalue weighted by atomic mass is 19.1. The molecular weight excluding hydrogens is 193 g/mol. The summed E-state index contributed by atoms with van der Waals surface area (Å²) in [7, 11) is 0. The molecule has 84 valence electrons. The van der Waals surface area contributed by atoms with Gasteiger partial charge in [-0.1, -0.05) is 26.0 Å². The largest absolute Gasteiger partial charge is 0.461 e. The normalized spacial score (nSPS) is 12.9. The molecule has 0 aromatic heterocycles. The zero-order valence-corrected chi connectivity index (χ0v) is 9.46. The minimum Gasteiger partial charge on any atom is -0.461 e. The summed E-state index contributed by atoms with van der Waals surface area (Å²) in [4.78, 5) is 0. The van der Waals surface area contributed by atoms with Crippen LogP contribution in [-0.2, 0) is 6.54 Å². The lowest BCUT2D eigenvalue weighted by molar-refractivity contribution is 0.0860. The van der Waals surface area contributed by atoms with Crippen LogP contribution in [0.4, 0.5) is 4.39 Å². The van der Waals surface area contributed by atoms with Crippen molar-refractivity contribution in [3.05, 3.63) is 29.8 Å². The second-order valence-electron chi connectivity index (χ2n) is 3.84. The van der Waals surface area contributed by atoms with Crippen LogP contribution in [-0.4, -0.2) is 12.4 Å². The van der Waals surface area contributed by atoms with Crippen molar-refractivity contribution in [2.75, 3.05) is 0 Å². The average Bonchev–Trinajstić information content (AvgIpc) is 2.16. The lowest BCUT2D eigenvalue weighted by Gasteiger charge is -2.10. The zero-order chi connectivity index (χ0) is 11.3. The topological polar surface area (TPSA) is 21.3 Å². The highest BCUT2D eigenvalue weighted by Crippen LogP contribution is 2.14. The molecule has 0 spiro atoms. The molecule has 1 atom stereocenters. The lowest BCUT2D eigenvalue weighted by atomic mass is 10.2. The van der Waals surface area contributed by atoms with E-state index in [-0.39, 0.29) is 0 Å². The molecule has 15 heavy (non-hydrogen) atoms. The fraction of sp³-hybridized carbons (Fsp3) is 0.500. The van der Waals surface area contributed by atoms with Gasteiger partial charge in [-0.05, 0) is 17.7 Å². The highest BCUT2D eigenvalue weighted by Gasteiger charge is 2.00. The van der Waals surface area contributed by atoms with Crippen molar-refractivity contribution in [2.24, 2.45) is 0 Å². The van der Waals surface area contributed by atoms with Crippen LogP contribution in [0.5, 0.6) is 5.75 Å². The van der Waals surface area contributed by atoms with Crippen molar-refractivity contribution >= 4 is 0 Å². The number of hydrogen-bond donors (Lipinski definition) is 1. The molecule has 1 N–H and O–H groups in total. The fourth-order valence-electron chi connectivity index (χ4n) is 1.20. The van der Waals surface area contributed by atoms with E-state index in [1.54, 1.807) is 12.1 Å². The number of halogens is 1. The summed E-state index contributed by atoms with van der Waals surface area (Å²) >= 11 is 0. The summed E-state index contributed by atoms with van der Waals surface area (Å²) in [5.74, 6) is 0.568. The van der Waals surface area contributed by atoms with E-state index in [1.807, 2.05) is 12.1 Å². The molecule has 0 saturated carbocycles. The lowest BCUT2D eigenvalue weighted by Crippen LogP contribution is -2.21. The van der Waals surface area contributed by atoms with E-state index in [0.29, 0.717) is 11.8 Å². The van der Waals surface area contributed by atoms with Gasteiger partial charge in [0, 0.05) is 19.5 Å². The van der Waals surface area contributed by atoms with Gasteiger partial charge in [-0.2, -0.15) is 0 Å². The third kappa shape index (κ3) is 4.79. The monoisotopic (exact) mass is 211 g/mol. The summed E-state index contributed by atoms with van der Waals surface area (Å²) in [6.45, 7) is 6.39. The van der Waals surface area contributed by atoms with Crippen molar-refractivity contribution in [1.29, 1.82) is 0 Å². The van der Waals surface area contributed by atoms with Gasteiger partial charge in [-0.25, -0.2) is 4.39 Å². The molecule has 0 radical (unpaired) electrons. The highest BCUT2D eigenvalue weighted by molar-refractivity contribution is 5.27. The predicted octanol–water partition coefficient (Wildman–Crippen LogP) is 2.88. The first kappa shape index (κ1) is 12.0. The van der Waals surface area contributed by atoms with Crippen molar-refractivity contribution < 1.29 is 9.13 Å². The smallest absolute Gasteiger partial charge is 0.235 e. The van der Waals surface area contributed by atoms with Crippen LogP contribution in [0.15, 0.2) is 24.3 Å². The van der Waals surface area contributed by atoms with E-state index in [1.165, 1.54) is 12.5 Å². The Bertz CT molecular complexity index is 282. The number of rotatable bonds is 5. The Morgan fingerprint density at radius 3 is 2.27 bits per heavy atom. The summed E-state index contributed by atoms with van der Waals surface area (Å²) in [6.07, 6.45) is -1.26. The SMILES string of the molecule is CC(C)NCc1ccc(OC(C)F)cc1. The van der Waals surface area contributed by atoms with E-state index >= 15 is 0 Å². The maximum absolute atomic E-state index is 12.5. The molecule has 1 unspecified atom stereocenters. The molecular formula is C12H18FNO. The van der Waals surface area contributed by atoms with Gasteiger partial charge in [0.05, 0.1) is 0 Å². The van der Waals surface area contributed by atoms with E-state index in [9.17, 15) is 4.39 Å². The average molecular weight is 211 g/mol. The molecule has 0 bridgehead atoms. The summed E-state index contributed by atoms with van der Waals surface area (Å²) in [6, 6.07) is 7.91. The Morgan fingerprint density at radius 2 is 1.80 bits per heavy atom. The number of alkyl halides is 1. The molecule has 0 aliphatic carbocycles. The van der Waals surface area contributed by atoms with Crippen LogP contribution in [0.3, 0.4) is 0 Å². The molecule has 0 heterocycles. The van der Waals surface area contributed by atoms with Gasteiger partial charge in [-0.15, -0.1) is 0 Å². The Morgan fingerprint density at radius 1 is 1.20 bits per heavy atom. The second-order valence-corrected chi connectivity index (χ2v) is 3.84. The molecule has 3 heteroatoms. The van der Waals surface area contributed by atoms with E-state index in [4.69, 9.17) is 4.74 Å². The molecule has 0 saturated heterocycles. The molecule has 0 fully saturated rings. The zero-order valence-electron chi connectivity index (χ0n) is 9.46. The molecule has 2 nitrogen and oxygen atoms in total. The van der Waals surface area contributed by atoms with Crippen molar-refractivity contribution in [3.63, 3.8) is 0 Å². The summed E-state index contributed by atoms with van der Waals surface area (Å²) in [5.41, 5.74) is 1.17. The van der Waals surface area contributed by atoms with Crippen LogP contribution in [0, 0.1) is 0 Å². The Balaban J connectivity index is 2.49. The van der Waals surface area contributed by atoms with Crippen molar-refractivity contribution in [1.82, 2.24) is 5.32 Å². The number of benzene rings is 1. The first-order valence-electron chi connectivity index (χ1n) is 5.21.